The van der Waals surface area contributed by atoms with Crippen LogP contribution in [0.5, 0.6) is 0 Å². The highest BCUT2D eigenvalue weighted by Crippen LogP contribution is 2.25. The molecule has 0 unspecified atom stereocenters. The molecule has 0 aliphatic carbocycles. The number of hydrogen-bond acceptors (Lipinski definition) is 1. The molecule has 1 aromatic heterocycles. The minimum atomic E-state index is -1.67. The Morgan fingerprint density at radius 1 is 1.04 bits per heavy atom. The summed E-state index contributed by atoms with van der Waals surface area (Å²) in [6.07, 6.45) is 0. The molecule has 0 atom stereocenters. The number of hydrogen-bond donors (Lipinski definition) is 2. The van der Waals surface area contributed by atoms with E-state index in [1.807, 2.05) is 0 Å². The molecule has 0 radical (unpaired) electrons. The Hall–Kier alpha value is -2.83. The van der Waals surface area contributed by atoms with Gasteiger partial charge in [-0.2, -0.15) is 0 Å². The topological polar surface area (TPSA) is 44.9 Å². The van der Waals surface area contributed by atoms with E-state index < -0.39 is 34.9 Å². The second kappa shape index (κ2) is 5.42. The molecular formula is C16H10F4N2O. The van der Waals surface area contributed by atoms with Gasteiger partial charge in [0.15, 0.2) is 17.5 Å². The van der Waals surface area contributed by atoms with E-state index in [9.17, 15) is 22.4 Å². The first-order valence-corrected chi connectivity index (χ1v) is 6.61. The number of aryl methyl sites for hydroxylation is 1. The third-order valence-corrected chi connectivity index (χ3v) is 3.53. The molecule has 7 heteroatoms. The molecule has 2 aromatic carbocycles. The van der Waals surface area contributed by atoms with Crippen LogP contribution in [0, 0.1) is 30.2 Å². The van der Waals surface area contributed by atoms with Crippen molar-refractivity contribution in [1.82, 2.24) is 4.98 Å². The summed E-state index contributed by atoms with van der Waals surface area (Å²) >= 11 is 0. The molecule has 0 saturated carbocycles. The summed E-state index contributed by atoms with van der Waals surface area (Å²) in [5.41, 5.74) is 0.577. The number of carbonyl (C=O) groups is 1. The first-order valence-electron chi connectivity index (χ1n) is 6.61. The Labute approximate surface area is 127 Å². The molecule has 0 aliphatic rings. The van der Waals surface area contributed by atoms with Crippen LogP contribution < -0.4 is 5.32 Å². The first-order chi connectivity index (χ1) is 10.9. The van der Waals surface area contributed by atoms with Crippen molar-refractivity contribution in [1.29, 1.82) is 0 Å². The molecule has 0 bridgehead atoms. The lowest BCUT2D eigenvalue weighted by molar-refractivity contribution is 0.102. The zero-order valence-corrected chi connectivity index (χ0v) is 11.8. The van der Waals surface area contributed by atoms with Gasteiger partial charge in [-0.05, 0) is 42.8 Å². The minimum absolute atomic E-state index is 0.0785. The number of aromatic amines is 1. The van der Waals surface area contributed by atoms with Crippen LogP contribution in [0.4, 0.5) is 23.2 Å². The van der Waals surface area contributed by atoms with Gasteiger partial charge < -0.3 is 10.3 Å². The molecule has 3 nitrogen and oxygen atoms in total. The van der Waals surface area contributed by atoms with Crippen LogP contribution in [-0.4, -0.2) is 10.9 Å². The van der Waals surface area contributed by atoms with Gasteiger partial charge in [0.1, 0.15) is 11.5 Å². The Bertz CT molecular complexity index is 933. The van der Waals surface area contributed by atoms with E-state index in [0.29, 0.717) is 22.5 Å². The van der Waals surface area contributed by atoms with Gasteiger partial charge in [0.25, 0.3) is 5.91 Å². The maximum atomic E-state index is 13.6. The number of benzene rings is 2. The van der Waals surface area contributed by atoms with Gasteiger partial charge in [0.2, 0.25) is 0 Å². The summed E-state index contributed by atoms with van der Waals surface area (Å²) in [5, 5.41) is 2.67. The van der Waals surface area contributed by atoms with Crippen molar-refractivity contribution < 1.29 is 22.4 Å². The fourth-order valence-corrected chi connectivity index (χ4v) is 2.33. The number of carbonyl (C=O) groups excluding carboxylic acids is 1. The molecule has 0 spiro atoms. The predicted molar refractivity (Wildman–Crippen MR) is 77.3 cm³/mol. The van der Waals surface area contributed by atoms with Crippen LogP contribution in [0.2, 0.25) is 0 Å². The largest absolute Gasteiger partial charge is 0.350 e. The smallest absolute Gasteiger partial charge is 0.272 e. The number of H-pyrrole nitrogens is 1. The molecule has 1 amide bonds. The van der Waals surface area contributed by atoms with Crippen LogP contribution in [0.15, 0.2) is 30.3 Å². The SMILES string of the molecule is Cc1c(C(=O)Nc2ccc(F)c(F)c2F)[nH]c2ccc(F)cc12. The van der Waals surface area contributed by atoms with E-state index in [4.69, 9.17) is 0 Å². The summed E-state index contributed by atoms with van der Waals surface area (Å²) in [5.74, 6) is -5.71. The average molecular weight is 322 g/mol. The van der Waals surface area contributed by atoms with Crippen molar-refractivity contribution in [3.63, 3.8) is 0 Å². The van der Waals surface area contributed by atoms with E-state index in [2.05, 4.69) is 10.3 Å². The lowest BCUT2D eigenvalue weighted by Gasteiger charge is -2.07. The third kappa shape index (κ3) is 2.54. The molecule has 3 aromatic rings. The second-order valence-electron chi connectivity index (χ2n) is 4.99. The lowest BCUT2D eigenvalue weighted by atomic mass is 10.1. The van der Waals surface area contributed by atoms with Gasteiger partial charge in [-0.25, -0.2) is 17.6 Å². The lowest BCUT2D eigenvalue weighted by Crippen LogP contribution is -2.15. The van der Waals surface area contributed by atoms with Crippen LogP contribution in [-0.2, 0) is 0 Å². The third-order valence-electron chi connectivity index (χ3n) is 3.53. The highest BCUT2D eigenvalue weighted by atomic mass is 19.2. The second-order valence-corrected chi connectivity index (χ2v) is 4.99. The zero-order chi connectivity index (χ0) is 16.7. The highest BCUT2D eigenvalue weighted by molar-refractivity contribution is 6.07. The Kier molecular flexibility index (Phi) is 3.55. The van der Waals surface area contributed by atoms with Crippen molar-refractivity contribution in [2.75, 3.05) is 5.32 Å². The first kappa shape index (κ1) is 15.1. The van der Waals surface area contributed by atoms with Crippen LogP contribution in [0.3, 0.4) is 0 Å². The van der Waals surface area contributed by atoms with Crippen molar-refractivity contribution in [3.05, 3.63) is 64.9 Å². The molecule has 118 valence electrons. The predicted octanol–water partition coefficient (Wildman–Crippen LogP) is 4.29. The van der Waals surface area contributed by atoms with Gasteiger partial charge >= 0.3 is 0 Å². The Morgan fingerprint density at radius 2 is 1.78 bits per heavy atom. The highest BCUT2D eigenvalue weighted by Gasteiger charge is 2.19. The number of amides is 1. The molecule has 0 aliphatic heterocycles. The normalized spacial score (nSPS) is 11.0. The fourth-order valence-electron chi connectivity index (χ4n) is 2.33. The van der Waals surface area contributed by atoms with Crippen LogP contribution in [0.25, 0.3) is 10.9 Å². The van der Waals surface area contributed by atoms with E-state index in [-0.39, 0.29) is 5.69 Å². The summed E-state index contributed by atoms with van der Waals surface area (Å²) < 4.78 is 53.0. The number of anilines is 1. The molecular weight excluding hydrogens is 312 g/mol. The van der Waals surface area contributed by atoms with Crippen LogP contribution >= 0.6 is 0 Å². The molecule has 3 rings (SSSR count). The van der Waals surface area contributed by atoms with Crippen LogP contribution in [0.1, 0.15) is 16.1 Å². The van der Waals surface area contributed by atoms with Crippen molar-refractivity contribution in [3.8, 4) is 0 Å². The van der Waals surface area contributed by atoms with Gasteiger partial charge in [-0.3, -0.25) is 4.79 Å². The maximum absolute atomic E-state index is 13.6. The average Bonchev–Trinajstić information content (AvgIpc) is 2.85. The van der Waals surface area contributed by atoms with Gasteiger partial charge in [0.05, 0.1) is 5.69 Å². The number of fused-ring (bicyclic) bond motifs is 1. The van der Waals surface area contributed by atoms with Crippen molar-refractivity contribution in [2.45, 2.75) is 6.92 Å². The van der Waals surface area contributed by atoms with Gasteiger partial charge in [0, 0.05) is 10.9 Å². The standard InChI is InChI=1S/C16H10F4N2O/c1-7-9-6-8(17)2-4-11(9)21-15(7)16(23)22-12-5-3-10(18)13(19)14(12)20/h2-6,21H,1H3,(H,22,23). The Morgan fingerprint density at radius 3 is 2.52 bits per heavy atom. The summed E-state index contributed by atoms with van der Waals surface area (Å²) in [4.78, 5) is 15.0. The van der Waals surface area contributed by atoms with Crippen molar-refractivity contribution >= 4 is 22.5 Å². The molecule has 1 heterocycles. The quantitative estimate of drug-likeness (QED) is 0.537. The number of halogens is 4. The molecule has 0 saturated heterocycles. The molecule has 23 heavy (non-hydrogen) atoms. The monoisotopic (exact) mass is 322 g/mol. The number of aromatic nitrogens is 1. The van der Waals surface area contributed by atoms with E-state index in [1.54, 1.807) is 6.92 Å². The molecule has 2 N–H and O–H groups in total. The molecule has 0 fully saturated rings. The maximum Gasteiger partial charge on any atom is 0.272 e. The fraction of sp³-hybridized carbons (Fsp3) is 0.0625. The van der Waals surface area contributed by atoms with E-state index in [1.165, 1.54) is 18.2 Å². The van der Waals surface area contributed by atoms with E-state index in [0.717, 1.165) is 6.07 Å². The van der Waals surface area contributed by atoms with Gasteiger partial charge in [-0.15, -0.1) is 0 Å². The zero-order valence-electron chi connectivity index (χ0n) is 11.8. The van der Waals surface area contributed by atoms with Crippen molar-refractivity contribution in [2.24, 2.45) is 0 Å². The van der Waals surface area contributed by atoms with Gasteiger partial charge in [-0.1, -0.05) is 0 Å². The number of rotatable bonds is 2. The summed E-state index contributed by atoms with van der Waals surface area (Å²) in [6.45, 7) is 1.59. The number of nitrogens with one attached hydrogen (secondary N) is 2. The Balaban J connectivity index is 1.98. The van der Waals surface area contributed by atoms with E-state index >= 15 is 0 Å². The summed E-state index contributed by atoms with van der Waals surface area (Å²) in [7, 11) is 0. The summed E-state index contributed by atoms with van der Waals surface area (Å²) in [6, 6.07) is 5.59. The minimum Gasteiger partial charge on any atom is -0.350 e.